The number of hydrogen-bond acceptors (Lipinski definition) is 4. The summed E-state index contributed by atoms with van der Waals surface area (Å²) in [5.41, 5.74) is 2.21. The van der Waals surface area contributed by atoms with Crippen molar-refractivity contribution < 1.29 is 14.7 Å². The topological polar surface area (TPSA) is 76.7 Å². The molecule has 0 fully saturated rings. The van der Waals surface area contributed by atoms with Crippen LogP contribution < -0.4 is 0 Å². The standard InChI is InChI=1S/C20H27N3O3/c1-2-8-18(22-26-14-7-6-11-20(24)25)19(23-13-12-21-16-23)15-17-9-4-3-5-10-17/h3-5,9-10,12-13,16,19H,2,6-8,11,14-15H2,1H3,(H,24,25)/b22-18-. The van der Waals surface area contributed by atoms with E-state index in [0.29, 0.717) is 19.4 Å². The van der Waals surface area contributed by atoms with Crippen LogP contribution in [-0.2, 0) is 16.1 Å². The van der Waals surface area contributed by atoms with E-state index in [1.54, 1.807) is 6.20 Å². The summed E-state index contributed by atoms with van der Waals surface area (Å²) in [6.07, 6.45) is 9.61. The first-order valence-corrected chi connectivity index (χ1v) is 9.12. The highest BCUT2D eigenvalue weighted by Gasteiger charge is 2.19. The Morgan fingerprint density at radius 2 is 2.08 bits per heavy atom. The number of oxime groups is 1. The molecule has 0 aliphatic carbocycles. The smallest absolute Gasteiger partial charge is 0.303 e. The zero-order valence-electron chi connectivity index (χ0n) is 15.3. The van der Waals surface area contributed by atoms with Gasteiger partial charge < -0.3 is 14.5 Å². The number of benzene rings is 1. The lowest BCUT2D eigenvalue weighted by molar-refractivity contribution is -0.137. The second kappa shape index (κ2) is 11.1. The van der Waals surface area contributed by atoms with E-state index < -0.39 is 5.97 Å². The van der Waals surface area contributed by atoms with Crippen molar-refractivity contribution in [3.8, 4) is 0 Å². The van der Waals surface area contributed by atoms with E-state index in [0.717, 1.165) is 25.0 Å². The number of nitrogens with zero attached hydrogens (tertiary/aromatic N) is 3. The normalized spacial score (nSPS) is 12.7. The van der Waals surface area contributed by atoms with Gasteiger partial charge in [-0.3, -0.25) is 4.79 Å². The van der Waals surface area contributed by atoms with Crippen LogP contribution in [0.2, 0.25) is 0 Å². The fourth-order valence-corrected chi connectivity index (χ4v) is 2.79. The molecule has 0 saturated heterocycles. The van der Waals surface area contributed by atoms with Crippen LogP contribution in [0.15, 0.2) is 54.2 Å². The highest BCUT2D eigenvalue weighted by molar-refractivity contribution is 5.88. The van der Waals surface area contributed by atoms with Gasteiger partial charge in [-0.1, -0.05) is 48.8 Å². The van der Waals surface area contributed by atoms with Gasteiger partial charge in [0.2, 0.25) is 0 Å². The zero-order chi connectivity index (χ0) is 18.6. The highest BCUT2D eigenvalue weighted by Crippen LogP contribution is 2.19. The predicted molar refractivity (Wildman–Crippen MR) is 101 cm³/mol. The monoisotopic (exact) mass is 357 g/mol. The van der Waals surface area contributed by atoms with Crippen LogP contribution in [0.3, 0.4) is 0 Å². The van der Waals surface area contributed by atoms with E-state index in [2.05, 4.69) is 33.8 Å². The Labute approximate surface area is 154 Å². The van der Waals surface area contributed by atoms with Crippen molar-refractivity contribution in [2.45, 2.75) is 51.5 Å². The largest absolute Gasteiger partial charge is 0.481 e. The summed E-state index contributed by atoms with van der Waals surface area (Å²) in [5.74, 6) is -0.775. The quantitative estimate of drug-likeness (QED) is 0.352. The van der Waals surface area contributed by atoms with Gasteiger partial charge in [0.15, 0.2) is 0 Å². The number of carboxylic acid groups (broad SMARTS) is 1. The van der Waals surface area contributed by atoms with Crippen molar-refractivity contribution in [3.63, 3.8) is 0 Å². The maximum atomic E-state index is 10.5. The number of hydrogen-bond donors (Lipinski definition) is 1. The number of carboxylic acids is 1. The molecule has 0 aliphatic heterocycles. The number of rotatable bonds is 12. The van der Waals surface area contributed by atoms with Crippen molar-refractivity contribution in [2.24, 2.45) is 5.16 Å². The summed E-state index contributed by atoms with van der Waals surface area (Å²) in [5, 5.41) is 13.1. The number of imidazole rings is 1. The average Bonchev–Trinajstić information content (AvgIpc) is 3.17. The summed E-state index contributed by atoms with van der Waals surface area (Å²) in [4.78, 5) is 20.2. The molecule has 0 bridgehead atoms. The van der Waals surface area contributed by atoms with Gasteiger partial charge in [-0.05, 0) is 31.2 Å². The fourth-order valence-electron chi connectivity index (χ4n) is 2.79. The Balaban J connectivity index is 2.05. The molecule has 0 saturated carbocycles. The Kier molecular flexibility index (Phi) is 8.39. The van der Waals surface area contributed by atoms with E-state index in [1.165, 1.54) is 5.56 Å². The third kappa shape index (κ3) is 6.70. The van der Waals surface area contributed by atoms with E-state index >= 15 is 0 Å². The van der Waals surface area contributed by atoms with Crippen LogP contribution in [-0.4, -0.2) is 32.9 Å². The maximum absolute atomic E-state index is 10.5. The Hall–Kier alpha value is -2.63. The predicted octanol–water partition coefficient (Wildman–Crippen LogP) is 4.09. The maximum Gasteiger partial charge on any atom is 0.303 e. The molecular weight excluding hydrogens is 330 g/mol. The Morgan fingerprint density at radius 3 is 2.73 bits per heavy atom. The second-order valence-electron chi connectivity index (χ2n) is 6.23. The van der Waals surface area contributed by atoms with Gasteiger partial charge in [-0.25, -0.2) is 4.98 Å². The molecule has 2 aromatic rings. The van der Waals surface area contributed by atoms with E-state index in [1.807, 2.05) is 30.7 Å². The number of carbonyl (C=O) groups is 1. The van der Waals surface area contributed by atoms with Gasteiger partial charge in [0.25, 0.3) is 0 Å². The minimum Gasteiger partial charge on any atom is -0.481 e. The molecule has 1 aromatic heterocycles. The first kappa shape index (κ1) is 19.7. The molecule has 2 rings (SSSR count). The fraction of sp³-hybridized carbons (Fsp3) is 0.450. The van der Waals surface area contributed by atoms with E-state index in [9.17, 15) is 4.79 Å². The van der Waals surface area contributed by atoms with Crippen molar-refractivity contribution in [1.82, 2.24) is 9.55 Å². The second-order valence-corrected chi connectivity index (χ2v) is 6.23. The molecule has 0 radical (unpaired) electrons. The van der Waals surface area contributed by atoms with Crippen molar-refractivity contribution >= 4 is 11.7 Å². The minimum absolute atomic E-state index is 0.0545. The molecule has 1 N–H and O–H groups in total. The molecule has 6 nitrogen and oxygen atoms in total. The van der Waals surface area contributed by atoms with Crippen molar-refractivity contribution in [1.29, 1.82) is 0 Å². The number of unbranched alkanes of at least 4 members (excludes halogenated alkanes) is 1. The SMILES string of the molecule is CCC/C(=N/OCCCCC(=O)O)C(Cc1ccccc1)n1ccnc1. The zero-order valence-corrected chi connectivity index (χ0v) is 15.3. The summed E-state index contributed by atoms with van der Waals surface area (Å²) < 4.78 is 2.06. The van der Waals surface area contributed by atoms with Gasteiger partial charge in [-0.15, -0.1) is 0 Å². The minimum atomic E-state index is -0.775. The molecule has 26 heavy (non-hydrogen) atoms. The number of aromatic nitrogens is 2. The van der Waals surface area contributed by atoms with Crippen LogP contribution >= 0.6 is 0 Å². The van der Waals surface area contributed by atoms with E-state index in [4.69, 9.17) is 9.94 Å². The Morgan fingerprint density at radius 1 is 1.27 bits per heavy atom. The van der Waals surface area contributed by atoms with Crippen LogP contribution in [0.5, 0.6) is 0 Å². The third-order valence-electron chi connectivity index (χ3n) is 4.11. The lowest BCUT2D eigenvalue weighted by Gasteiger charge is -2.20. The molecule has 1 atom stereocenters. The molecule has 0 aliphatic rings. The molecular formula is C20H27N3O3. The van der Waals surface area contributed by atoms with E-state index in [-0.39, 0.29) is 12.5 Å². The summed E-state index contributed by atoms with van der Waals surface area (Å²) >= 11 is 0. The average molecular weight is 357 g/mol. The van der Waals surface area contributed by atoms with Crippen molar-refractivity contribution in [2.75, 3.05) is 6.61 Å². The van der Waals surface area contributed by atoms with Crippen LogP contribution in [0, 0.1) is 0 Å². The van der Waals surface area contributed by atoms with Gasteiger partial charge in [0, 0.05) is 18.8 Å². The first-order chi connectivity index (χ1) is 12.7. The van der Waals surface area contributed by atoms with Crippen LogP contribution in [0.25, 0.3) is 0 Å². The molecule has 0 spiro atoms. The van der Waals surface area contributed by atoms with Crippen LogP contribution in [0.4, 0.5) is 0 Å². The molecule has 0 amide bonds. The van der Waals surface area contributed by atoms with Crippen LogP contribution in [0.1, 0.15) is 50.6 Å². The molecule has 1 heterocycles. The molecule has 1 aromatic carbocycles. The summed E-state index contributed by atoms with van der Waals surface area (Å²) in [6, 6.07) is 10.4. The van der Waals surface area contributed by atoms with Gasteiger partial charge in [-0.2, -0.15) is 0 Å². The molecule has 1 unspecified atom stereocenters. The third-order valence-corrected chi connectivity index (χ3v) is 4.11. The summed E-state index contributed by atoms with van der Waals surface area (Å²) in [7, 11) is 0. The number of aliphatic carboxylic acids is 1. The lowest BCUT2D eigenvalue weighted by Crippen LogP contribution is -2.21. The Bertz CT molecular complexity index is 669. The summed E-state index contributed by atoms with van der Waals surface area (Å²) in [6.45, 7) is 2.55. The van der Waals surface area contributed by atoms with Gasteiger partial charge >= 0.3 is 5.97 Å². The highest BCUT2D eigenvalue weighted by atomic mass is 16.6. The first-order valence-electron chi connectivity index (χ1n) is 9.12. The molecule has 140 valence electrons. The van der Waals surface area contributed by atoms with Gasteiger partial charge in [0.1, 0.15) is 6.61 Å². The van der Waals surface area contributed by atoms with Gasteiger partial charge in [0.05, 0.1) is 18.1 Å². The van der Waals surface area contributed by atoms with Crippen molar-refractivity contribution in [3.05, 3.63) is 54.6 Å². The molecule has 6 heteroatoms. The lowest BCUT2D eigenvalue weighted by atomic mass is 9.99.